The van der Waals surface area contributed by atoms with Crippen LogP contribution in [0.15, 0.2) is 70.9 Å². The molecule has 0 saturated carbocycles. The van der Waals surface area contributed by atoms with E-state index in [0.717, 1.165) is 10.6 Å². The number of rotatable bonds is 8. The van der Waals surface area contributed by atoms with Crippen molar-refractivity contribution in [1.82, 2.24) is 4.72 Å². The van der Waals surface area contributed by atoms with E-state index in [-0.39, 0.29) is 10.8 Å². The fraction of sp³-hybridized carbons (Fsp3) is 0.190. The number of amides is 1. The molecule has 2 aromatic carbocycles. The average molecular weight is 430 g/mol. The molecule has 0 saturated heterocycles. The van der Waals surface area contributed by atoms with Crippen LogP contribution in [0, 0.1) is 0 Å². The number of anilines is 2. The number of carbonyl (C=O) groups is 1. The molecule has 1 heterocycles. The lowest BCUT2D eigenvalue weighted by Gasteiger charge is -2.13. The van der Waals surface area contributed by atoms with Crippen molar-refractivity contribution in [1.29, 1.82) is 0 Å². The molecule has 1 amide bonds. The minimum atomic E-state index is -3.61. The van der Waals surface area contributed by atoms with Gasteiger partial charge in [0, 0.05) is 42.5 Å². The molecule has 2 N–H and O–H groups in total. The average Bonchev–Trinajstić information content (AvgIpc) is 3.22. The summed E-state index contributed by atoms with van der Waals surface area (Å²) in [7, 11) is 0.280. The molecule has 0 aliphatic carbocycles. The molecule has 3 aromatic rings. The third-order valence-corrected chi connectivity index (χ3v) is 6.73. The number of hydrogen-bond acceptors (Lipinski definition) is 5. The molecule has 8 heteroatoms. The molecule has 3 rings (SSSR count). The number of sulfonamides is 1. The molecule has 0 unspecified atom stereocenters. The summed E-state index contributed by atoms with van der Waals surface area (Å²) in [5, 5.41) is 4.77. The Hall–Kier alpha value is -2.68. The Morgan fingerprint density at radius 2 is 1.69 bits per heavy atom. The molecular formula is C21H23N3O3S2. The Balaban J connectivity index is 1.60. The van der Waals surface area contributed by atoms with Gasteiger partial charge in [0.15, 0.2) is 0 Å². The van der Waals surface area contributed by atoms with Crippen molar-refractivity contribution in [2.75, 3.05) is 30.9 Å². The maximum atomic E-state index is 12.4. The Morgan fingerprint density at radius 1 is 1.00 bits per heavy atom. The van der Waals surface area contributed by atoms with Crippen molar-refractivity contribution >= 4 is 38.6 Å². The Kier molecular flexibility index (Phi) is 6.68. The fourth-order valence-electron chi connectivity index (χ4n) is 2.68. The van der Waals surface area contributed by atoms with E-state index in [1.807, 2.05) is 60.8 Å². The zero-order valence-electron chi connectivity index (χ0n) is 16.3. The van der Waals surface area contributed by atoms with E-state index in [0.29, 0.717) is 24.2 Å². The van der Waals surface area contributed by atoms with Gasteiger partial charge >= 0.3 is 0 Å². The van der Waals surface area contributed by atoms with E-state index >= 15 is 0 Å². The Labute approximate surface area is 175 Å². The molecule has 0 aliphatic rings. The molecule has 0 bridgehead atoms. The monoisotopic (exact) mass is 429 g/mol. The van der Waals surface area contributed by atoms with E-state index in [9.17, 15) is 13.2 Å². The van der Waals surface area contributed by atoms with Crippen LogP contribution in [-0.4, -0.2) is 35.0 Å². The zero-order chi connectivity index (χ0) is 20.9. The summed E-state index contributed by atoms with van der Waals surface area (Å²) in [6, 6.07) is 17.3. The number of nitrogens with zero attached hydrogens (tertiary/aromatic N) is 1. The summed E-state index contributed by atoms with van der Waals surface area (Å²) in [5.41, 5.74) is 2.09. The standard InChI is InChI=1S/C21H23N3O3S2/c1-24(2)18-9-7-17(8-10-18)23-21(25)16-5-11-20(12-6-16)29(26,27)22-14-13-19-4-3-15-28-19/h3-12,15,22H,13-14H2,1-2H3,(H,23,25). The first-order valence-electron chi connectivity index (χ1n) is 9.06. The first-order valence-corrected chi connectivity index (χ1v) is 11.4. The highest BCUT2D eigenvalue weighted by Crippen LogP contribution is 2.17. The van der Waals surface area contributed by atoms with Gasteiger partial charge in [-0.25, -0.2) is 13.1 Å². The highest BCUT2D eigenvalue weighted by Gasteiger charge is 2.15. The maximum absolute atomic E-state index is 12.4. The summed E-state index contributed by atoms with van der Waals surface area (Å²) in [6.07, 6.45) is 0.643. The quantitative estimate of drug-likeness (QED) is 0.574. The third kappa shape index (κ3) is 5.66. The van der Waals surface area contributed by atoms with Crippen molar-refractivity contribution in [2.24, 2.45) is 0 Å². The van der Waals surface area contributed by atoms with Gasteiger partial charge in [-0.1, -0.05) is 6.07 Å². The number of carbonyl (C=O) groups excluding carboxylic acids is 1. The topological polar surface area (TPSA) is 78.5 Å². The molecule has 6 nitrogen and oxygen atoms in total. The van der Waals surface area contributed by atoms with Crippen LogP contribution in [0.4, 0.5) is 11.4 Å². The first kappa shape index (κ1) is 21.0. The first-order chi connectivity index (χ1) is 13.8. The smallest absolute Gasteiger partial charge is 0.255 e. The maximum Gasteiger partial charge on any atom is 0.255 e. The van der Waals surface area contributed by atoms with Crippen LogP contribution in [0.5, 0.6) is 0 Å². The van der Waals surface area contributed by atoms with Crippen LogP contribution in [0.25, 0.3) is 0 Å². The highest BCUT2D eigenvalue weighted by atomic mass is 32.2. The van der Waals surface area contributed by atoms with Gasteiger partial charge in [0.1, 0.15) is 0 Å². The van der Waals surface area contributed by atoms with E-state index in [4.69, 9.17) is 0 Å². The van der Waals surface area contributed by atoms with Crippen molar-refractivity contribution in [3.8, 4) is 0 Å². The van der Waals surface area contributed by atoms with Gasteiger partial charge in [-0.15, -0.1) is 11.3 Å². The van der Waals surface area contributed by atoms with E-state index in [1.165, 1.54) is 24.3 Å². The zero-order valence-corrected chi connectivity index (χ0v) is 17.9. The van der Waals surface area contributed by atoms with Crippen LogP contribution < -0.4 is 14.9 Å². The fourth-order valence-corrected chi connectivity index (χ4v) is 4.42. The molecule has 29 heavy (non-hydrogen) atoms. The minimum absolute atomic E-state index is 0.135. The molecule has 1 aromatic heterocycles. The predicted octanol–water partition coefficient (Wildman–Crippen LogP) is 3.59. The lowest BCUT2D eigenvalue weighted by Crippen LogP contribution is -2.26. The van der Waals surface area contributed by atoms with Crippen LogP contribution in [0.2, 0.25) is 0 Å². The van der Waals surface area contributed by atoms with Crippen LogP contribution in [0.1, 0.15) is 15.2 Å². The van der Waals surface area contributed by atoms with E-state index in [2.05, 4.69) is 10.0 Å². The van der Waals surface area contributed by atoms with Crippen LogP contribution >= 0.6 is 11.3 Å². The lowest BCUT2D eigenvalue weighted by atomic mass is 10.2. The molecule has 0 aliphatic heterocycles. The van der Waals surface area contributed by atoms with Gasteiger partial charge in [0.2, 0.25) is 10.0 Å². The molecule has 0 radical (unpaired) electrons. The summed E-state index contributed by atoms with van der Waals surface area (Å²) >= 11 is 1.60. The van der Waals surface area contributed by atoms with Gasteiger partial charge < -0.3 is 10.2 Å². The Morgan fingerprint density at radius 3 is 2.28 bits per heavy atom. The molecule has 0 fully saturated rings. The molecule has 0 spiro atoms. The molecule has 152 valence electrons. The SMILES string of the molecule is CN(C)c1ccc(NC(=O)c2ccc(S(=O)(=O)NCCc3cccs3)cc2)cc1. The van der Waals surface area contributed by atoms with E-state index < -0.39 is 10.0 Å². The van der Waals surface area contributed by atoms with Crippen LogP contribution in [0.3, 0.4) is 0 Å². The summed E-state index contributed by atoms with van der Waals surface area (Å²) in [5.74, 6) is -0.294. The lowest BCUT2D eigenvalue weighted by molar-refractivity contribution is 0.102. The van der Waals surface area contributed by atoms with Gasteiger partial charge in [-0.05, 0) is 66.4 Å². The molecular weight excluding hydrogens is 406 g/mol. The van der Waals surface area contributed by atoms with E-state index in [1.54, 1.807) is 11.3 Å². The van der Waals surface area contributed by atoms with Gasteiger partial charge in [-0.2, -0.15) is 0 Å². The predicted molar refractivity (Wildman–Crippen MR) is 118 cm³/mol. The number of nitrogens with one attached hydrogen (secondary N) is 2. The van der Waals surface area contributed by atoms with Crippen molar-refractivity contribution in [3.05, 3.63) is 76.5 Å². The second-order valence-electron chi connectivity index (χ2n) is 6.65. The number of thiophene rings is 1. The third-order valence-electron chi connectivity index (χ3n) is 4.31. The van der Waals surface area contributed by atoms with Crippen molar-refractivity contribution in [3.63, 3.8) is 0 Å². The second-order valence-corrected chi connectivity index (χ2v) is 9.45. The summed E-state index contributed by atoms with van der Waals surface area (Å²) < 4.78 is 27.4. The largest absolute Gasteiger partial charge is 0.378 e. The summed E-state index contributed by atoms with van der Waals surface area (Å²) in [4.78, 5) is 15.6. The van der Waals surface area contributed by atoms with Crippen LogP contribution in [-0.2, 0) is 16.4 Å². The highest BCUT2D eigenvalue weighted by molar-refractivity contribution is 7.89. The van der Waals surface area contributed by atoms with Gasteiger partial charge in [0.25, 0.3) is 5.91 Å². The van der Waals surface area contributed by atoms with Gasteiger partial charge in [-0.3, -0.25) is 4.79 Å². The number of benzene rings is 2. The van der Waals surface area contributed by atoms with Crippen molar-refractivity contribution in [2.45, 2.75) is 11.3 Å². The minimum Gasteiger partial charge on any atom is -0.378 e. The Bertz CT molecular complexity index is 1040. The number of hydrogen-bond donors (Lipinski definition) is 2. The van der Waals surface area contributed by atoms with Crippen molar-refractivity contribution < 1.29 is 13.2 Å². The second kappa shape index (κ2) is 9.21. The molecule has 0 atom stereocenters. The summed E-state index contributed by atoms with van der Waals surface area (Å²) in [6.45, 7) is 0.327. The normalized spacial score (nSPS) is 11.2. The van der Waals surface area contributed by atoms with Gasteiger partial charge in [0.05, 0.1) is 4.90 Å².